The monoisotopic (exact) mass is 458 g/mol. The van der Waals surface area contributed by atoms with Gasteiger partial charge in [0.05, 0.1) is 17.8 Å². The Morgan fingerprint density at radius 2 is 2.00 bits per heavy atom. The van der Waals surface area contributed by atoms with Gasteiger partial charge in [-0.1, -0.05) is 11.2 Å². The minimum Gasteiger partial charge on any atom is -0.344 e. The number of pyridine rings is 1. The second kappa shape index (κ2) is 8.37. The van der Waals surface area contributed by atoms with E-state index in [1.807, 2.05) is 0 Å². The minimum absolute atomic E-state index is 0.0245. The number of amides is 1. The molecule has 0 aliphatic rings. The Morgan fingerprint density at radius 1 is 1.21 bits per heavy atom. The van der Waals surface area contributed by atoms with Crippen molar-refractivity contribution in [1.29, 1.82) is 0 Å². The molecule has 0 unspecified atom stereocenters. The van der Waals surface area contributed by atoms with Crippen LogP contribution in [0.3, 0.4) is 0 Å². The number of nitrogens with one attached hydrogen (secondary N) is 1. The van der Waals surface area contributed by atoms with E-state index in [9.17, 15) is 22.8 Å². The molecule has 4 aromatic rings. The van der Waals surface area contributed by atoms with Crippen LogP contribution in [0.2, 0.25) is 0 Å². The van der Waals surface area contributed by atoms with Crippen LogP contribution >= 0.6 is 0 Å². The summed E-state index contributed by atoms with van der Waals surface area (Å²) in [5.41, 5.74) is -0.611. The number of carbonyl (C=O) groups is 1. The first kappa shape index (κ1) is 22.0. The van der Waals surface area contributed by atoms with E-state index in [1.165, 1.54) is 29.1 Å². The predicted octanol–water partition coefficient (Wildman–Crippen LogP) is 2.88. The number of alkyl halides is 3. The van der Waals surface area contributed by atoms with Crippen molar-refractivity contribution in [1.82, 2.24) is 29.8 Å². The third-order valence-electron chi connectivity index (χ3n) is 5.03. The van der Waals surface area contributed by atoms with Crippen molar-refractivity contribution in [3.63, 3.8) is 0 Å². The van der Waals surface area contributed by atoms with Crippen molar-refractivity contribution in [3.8, 4) is 16.9 Å². The van der Waals surface area contributed by atoms with Crippen molar-refractivity contribution < 1.29 is 22.5 Å². The van der Waals surface area contributed by atoms with E-state index in [0.29, 0.717) is 17.0 Å². The number of nitrogens with zero attached hydrogens (tertiary/aromatic N) is 5. The standard InChI is InChI=1S/C21H17F3N6O3/c1-12-15(17-6-7-27-29(17)2)9-16(19(31)25-10-18-26-11-33-28-18)20(32)30(12)14-5-3-4-13(8-14)21(22,23)24/h3-9,11H,10H2,1-2H3,(H,25,31). The van der Waals surface area contributed by atoms with Gasteiger partial charge in [0.25, 0.3) is 11.5 Å². The van der Waals surface area contributed by atoms with Gasteiger partial charge in [0.1, 0.15) is 5.56 Å². The number of aromatic nitrogens is 5. The van der Waals surface area contributed by atoms with E-state index in [-0.39, 0.29) is 23.6 Å². The lowest BCUT2D eigenvalue weighted by atomic mass is 10.1. The molecule has 4 rings (SSSR count). The summed E-state index contributed by atoms with van der Waals surface area (Å²) in [5, 5.41) is 10.2. The van der Waals surface area contributed by atoms with Crippen LogP contribution in [0.25, 0.3) is 16.9 Å². The topological polar surface area (TPSA) is 108 Å². The van der Waals surface area contributed by atoms with Crippen LogP contribution < -0.4 is 10.9 Å². The van der Waals surface area contributed by atoms with Gasteiger partial charge < -0.3 is 9.84 Å². The molecule has 3 aromatic heterocycles. The second-order valence-corrected chi connectivity index (χ2v) is 7.12. The first-order valence-corrected chi connectivity index (χ1v) is 9.63. The molecule has 3 heterocycles. The van der Waals surface area contributed by atoms with Crippen LogP contribution in [0.15, 0.2) is 58.3 Å². The molecule has 0 saturated carbocycles. The van der Waals surface area contributed by atoms with Crippen LogP contribution in [-0.4, -0.2) is 30.4 Å². The molecule has 1 amide bonds. The quantitative estimate of drug-likeness (QED) is 0.493. The molecule has 1 aromatic carbocycles. The molecular formula is C21H17F3N6O3. The molecule has 0 bridgehead atoms. The SMILES string of the molecule is Cc1c(-c2ccnn2C)cc(C(=O)NCc2ncon2)c(=O)n1-c1cccc(C(F)(F)F)c1. The fourth-order valence-corrected chi connectivity index (χ4v) is 3.42. The fraction of sp³-hybridized carbons (Fsp3) is 0.190. The highest BCUT2D eigenvalue weighted by Gasteiger charge is 2.31. The third kappa shape index (κ3) is 4.27. The third-order valence-corrected chi connectivity index (χ3v) is 5.03. The van der Waals surface area contributed by atoms with Gasteiger partial charge in [0.15, 0.2) is 5.82 Å². The van der Waals surface area contributed by atoms with Crippen molar-refractivity contribution >= 4 is 5.91 Å². The Morgan fingerprint density at radius 3 is 2.64 bits per heavy atom. The largest absolute Gasteiger partial charge is 0.416 e. The van der Waals surface area contributed by atoms with Gasteiger partial charge in [0.2, 0.25) is 6.39 Å². The van der Waals surface area contributed by atoms with E-state index >= 15 is 0 Å². The highest BCUT2D eigenvalue weighted by atomic mass is 19.4. The zero-order chi connectivity index (χ0) is 23.8. The van der Waals surface area contributed by atoms with E-state index < -0.39 is 23.2 Å². The van der Waals surface area contributed by atoms with Gasteiger partial charge >= 0.3 is 6.18 Å². The van der Waals surface area contributed by atoms with Gasteiger partial charge in [-0.15, -0.1) is 0 Å². The van der Waals surface area contributed by atoms with Gasteiger partial charge in [-0.25, -0.2) is 0 Å². The van der Waals surface area contributed by atoms with E-state index in [0.717, 1.165) is 23.1 Å². The summed E-state index contributed by atoms with van der Waals surface area (Å²) in [5.74, 6) is -0.547. The highest BCUT2D eigenvalue weighted by molar-refractivity contribution is 5.95. The summed E-state index contributed by atoms with van der Waals surface area (Å²) in [6.07, 6.45) is -1.98. The Hall–Kier alpha value is -4.22. The molecule has 0 spiro atoms. The molecule has 0 fully saturated rings. The maximum atomic E-state index is 13.3. The molecule has 9 nitrogen and oxygen atoms in total. The molecule has 170 valence electrons. The lowest BCUT2D eigenvalue weighted by molar-refractivity contribution is -0.137. The lowest BCUT2D eigenvalue weighted by Crippen LogP contribution is -2.34. The van der Waals surface area contributed by atoms with Crippen molar-refractivity contribution in [3.05, 3.63) is 82.0 Å². The Labute approximate surface area is 184 Å². The van der Waals surface area contributed by atoms with E-state index in [1.54, 1.807) is 20.0 Å². The predicted molar refractivity (Wildman–Crippen MR) is 109 cm³/mol. The Bertz CT molecular complexity index is 1370. The van der Waals surface area contributed by atoms with E-state index in [4.69, 9.17) is 0 Å². The average Bonchev–Trinajstić information content (AvgIpc) is 3.44. The Kier molecular flexibility index (Phi) is 5.58. The summed E-state index contributed by atoms with van der Waals surface area (Å²) in [4.78, 5) is 30.0. The van der Waals surface area contributed by atoms with Crippen LogP contribution in [0.5, 0.6) is 0 Å². The summed E-state index contributed by atoms with van der Waals surface area (Å²) in [6.45, 7) is 1.48. The zero-order valence-corrected chi connectivity index (χ0v) is 17.4. The number of rotatable bonds is 5. The van der Waals surface area contributed by atoms with E-state index in [2.05, 4.69) is 25.1 Å². The maximum Gasteiger partial charge on any atom is 0.416 e. The highest BCUT2D eigenvalue weighted by Crippen LogP contribution is 2.31. The van der Waals surface area contributed by atoms with Gasteiger partial charge in [-0.3, -0.25) is 18.8 Å². The van der Waals surface area contributed by atoms with Crippen LogP contribution in [0.1, 0.15) is 27.4 Å². The number of aryl methyl sites for hydroxylation is 1. The van der Waals surface area contributed by atoms with Crippen LogP contribution in [0, 0.1) is 6.92 Å². The van der Waals surface area contributed by atoms with Crippen molar-refractivity contribution in [2.45, 2.75) is 19.6 Å². The first-order valence-electron chi connectivity index (χ1n) is 9.63. The number of hydrogen-bond acceptors (Lipinski definition) is 6. The zero-order valence-electron chi connectivity index (χ0n) is 17.4. The van der Waals surface area contributed by atoms with Gasteiger partial charge in [-0.2, -0.15) is 23.3 Å². The molecule has 0 aliphatic carbocycles. The van der Waals surface area contributed by atoms with Crippen LogP contribution in [-0.2, 0) is 19.8 Å². The smallest absolute Gasteiger partial charge is 0.344 e. The number of hydrogen-bond donors (Lipinski definition) is 1. The number of halogens is 3. The lowest BCUT2D eigenvalue weighted by Gasteiger charge is -2.18. The molecule has 0 atom stereocenters. The molecule has 0 saturated heterocycles. The average molecular weight is 458 g/mol. The molecular weight excluding hydrogens is 441 g/mol. The second-order valence-electron chi connectivity index (χ2n) is 7.12. The molecule has 1 N–H and O–H groups in total. The van der Waals surface area contributed by atoms with Gasteiger partial charge in [0, 0.05) is 30.2 Å². The minimum atomic E-state index is -4.60. The summed E-state index contributed by atoms with van der Waals surface area (Å²) in [6, 6.07) is 7.42. The van der Waals surface area contributed by atoms with Crippen molar-refractivity contribution in [2.24, 2.45) is 7.05 Å². The van der Waals surface area contributed by atoms with Gasteiger partial charge in [-0.05, 0) is 37.3 Å². The molecule has 0 aliphatic heterocycles. The first-order chi connectivity index (χ1) is 15.7. The molecule has 12 heteroatoms. The summed E-state index contributed by atoms with van der Waals surface area (Å²) < 4.78 is 47.1. The normalized spacial score (nSPS) is 11.5. The molecule has 33 heavy (non-hydrogen) atoms. The number of benzene rings is 1. The Balaban J connectivity index is 1.89. The summed E-state index contributed by atoms with van der Waals surface area (Å²) >= 11 is 0. The maximum absolute atomic E-state index is 13.3. The van der Waals surface area contributed by atoms with Crippen LogP contribution in [0.4, 0.5) is 13.2 Å². The molecule has 0 radical (unpaired) electrons. The number of carbonyl (C=O) groups excluding carboxylic acids is 1. The fourth-order valence-electron chi connectivity index (χ4n) is 3.42. The van der Waals surface area contributed by atoms with Crippen molar-refractivity contribution in [2.75, 3.05) is 0 Å². The summed E-state index contributed by atoms with van der Waals surface area (Å²) in [7, 11) is 1.67.